The molecule has 162 valence electrons. The molecule has 0 heterocycles. The van der Waals surface area contributed by atoms with Gasteiger partial charge in [-0.05, 0) is 49.6 Å². The summed E-state index contributed by atoms with van der Waals surface area (Å²) < 4.78 is 10.8. The first kappa shape index (κ1) is 23.3. The number of benzene rings is 2. The smallest absolute Gasteiger partial charge is 0.242 e. The van der Waals surface area contributed by atoms with Gasteiger partial charge in [0.2, 0.25) is 11.8 Å². The Morgan fingerprint density at radius 2 is 1.70 bits per heavy atom. The lowest BCUT2D eigenvalue weighted by atomic mass is 10.1. The molecule has 2 aromatic rings. The number of nitrogens with one attached hydrogen (secondary N) is 1. The molecule has 30 heavy (non-hydrogen) atoms. The van der Waals surface area contributed by atoms with Gasteiger partial charge in [0.1, 0.15) is 17.5 Å². The molecule has 0 aliphatic heterocycles. The summed E-state index contributed by atoms with van der Waals surface area (Å²) in [6, 6.07) is 16.5. The Morgan fingerprint density at radius 3 is 2.33 bits per heavy atom. The minimum atomic E-state index is -0.535. The highest BCUT2D eigenvalue weighted by Crippen LogP contribution is 2.17. The Bertz CT molecular complexity index is 778. The van der Waals surface area contributed by atoms with E-state index >= 15 is 0 Å². The Kier molecular flexibility index (Phi) is 9.71. The van der Waals surface area contributed by atoms with Gasteiger partial charge in [-0.25, -0.2) is 0 Å². The molecule has 2 aromatic carbocycles. The second kappa shape index (κ2) is 12.5. The molecule has 0 fully saturated rings. The van der Waals surface area contributed by atoms with Gasteiger partial charge in [0.05, 0.1) is 13.7 Å². The fraction of sp³-hybridized carbons (Fsp3) is 0.417. The van der Waals surface area contributed by atoms with Crippen molar-refractivity contribution >= 4 is 11.8 Å². The molecule has 6 heteroatoms. The van der Waals surface area contributed by atoms with Gasteiger partial charge in [-0.2, -0.15) is 0 Å². The molecule has 0 saturated carbocycles. The van der Waals surface area contributed by atoms with Crippen molar-refractivity contribution in [2.24, 2.45) is 0 Å². The third kappa shape index (κ3) is 7.43. The van der Waals surface area contributed by atoms with Crippen LogP contribution in [0.3, 0.4) is 0 Å². The average Bonchev–Trinajstić information content (AvgIpc) is 2.79. The van der Waals surface area contributed by atoms with Gasteiger partial charge in [-0.15, -0.1) is 0 Å². The minimum Gasteiger partial charge on any atom is -0.497 e. The Hall–Kier alpha value is -3.02. The summed E-state index contributed by atoms with van der Waals surface area (Å²) in [5.41, 5.74) is 0.996. The fourth-order valence-electron chi connectivity index (χ4n) is 2.99. The maximum absolute atomic E-state index is 12.9. The summed E-state index contributed by atoms with van der Waals surface area (Å²) in [5.74, 6) is 1.31. The van der Waals surface area contributed by atoms with E-state index in [1.165, 1.54) is 0 Å². The van der Waals surface area contributed by atoms with Crippen molar-refractivity contribution in [3.63, 3.8) is 0 Å². The predicted octanol–water partition coefficient (Wildman–Crippen LogP) is 3.80. The second-order valence-electron chi connectivity index (χ2n) is 7.10. The zero-order valence-electron chi connectivity index (χ0n) is 18.1. The van der Waals surface area contributed by atoms with E-state index in [4.69, 9.17) is 9.47 Å². The summed E-state index contributed by atoms with van der Waals surface area (Å²) in [6.45, 7) is 5.21. The first-order valence-electron chi connectivity index (χ1n) is 10.4. The third-order valence-electron chi connectivity index (χ3n) is 4.78. The van der Waals surface area contributed by atoms with Crippen molar-refractivity contribution in [2.45, 2.75) is 45.7 Å². The average molecular weight is 413 g/mol. The monoisotopic (exact) mass is 412 g/mol. The van der Waals surface area contributed by atoms with Gasteiger partial charge < -0.3 is 19.7 Å². The van der Waals surface area contributed by atoms with Gasteiger partial charge in [0.25, 0.3) is 0 Å². The number of amides is 2. The molecule has 1 N–H and O–H groups in total. The summed E-state index contributed by atoms with van der Waals surface area (Å²) >= 11 is 0. The van der Waals surface area contributed by atoms with Crippen molar-refractivity contribution in [2.75, 3.05) is 20.3 Å². The molecule has 0 unspecified atom stereocenters. The van der Waals surface area contributed by atoms with Crippen molar-refractivity contribution in [1.82, 2.24) is 10.2 Å². The SMILES string of the molecule is CCCNC(=O)[C@H](C)N(Cc1ccccc1)C(=O)CCCOc1ccc(OC)cc1. The second-order valence-corrected chi connectivity index (χ2v) is 7.10. The van der Waals surface area contributed by atoms with Crippen LogP contribution in [0.25, 0.3) is 0 Å². The first-order valence-corrected chi connectivity index (χ1v) is 10.4. The van der Waals surface area contributed by atoms with Gasteiger partial charge in [-0.3, -0.25) is 9.59 Å². The van der Waals surface area contributed by atoms with E-state index in [9.17, 15) is 9.59 Å². The predicted molar refractivity (Wildman–Crippen MR) is 117 cm³/mol. The molecule has 6 nitrogen and oxygen atoms in total. The summed E-state index contributed by atoms with van der Waals surface area (Å²) in [7, 11) is 1.62. The molecule has 2 amide bonds. The van der Waals surface area contributed by atoms with Crippen molar-refractivity contribution in [3.05, 3.63) is 60.2 Å². The van der Waals surface area contributed by atoms with Crippen LogP contribution in [0.1, 0.15) is 38.7 Å². The van der Waals surface area contributed by atoms with Crippen molar-refractivity contribution < 1.29 is 19.1 Å². The number of carbonyl (C=O) groups is 2. The van der Waals surface area contributed by atoms with E-state index < -0.39 is 6.04 Å². The van der Waals surface area contributed by atoms with E-state index in [1.807, 2.05) is 61.5 Å². The molecule has 0 spiro atoms. The molecule has 0 aliphatic rings. The topological polar surface area (TPSA) is 67.9 Å². The van der Waals surface area contributed by atoms with E-state index in [2.05, 4.69) is 5.32 Å². The number of nitrogens with zero attached hydrogens (tertiary/aromatic N) is 1. The minimum absolute atomic E-state index is 0.0590. The molecular weight excluding hydrogens is 380 g/mol. The van der Waals surface area contributed by atoms with Crippen LogP contribution in [0.2, 0.25) is 0 Å². The quantitative estimate of drug-likeness (QED) is 0.539. The lowest BCUT2D eigenvalue weighted by Crippen LogP contribution is -2.47. The number of hydrogen-bond acceptors (Lipinski definition) is 4. The van der Waals surface area contributed by atoms with Gasteiger partial charge in [0.15, 0.2) is 0 Å². The summed E-state index contributed by atoms with van der Waals surface area (Å²) in [6.07, 6.45) is 1.74. The van der Waals surface area contributed by atoms with Crippen LogP contribution in [0.4, 0.5) is 0 Å². The number of ether oxygens (including phenoxy) is 2. The summed E-state index contributed by atoms with van der Waals surface area (Å²) in [5, 5.41) is 2.88. The summed E-state index contributed by atoms with van der Waals surface area (Å²) in [4.78, 5) is 27.0. The fourth-order valence-corrected chi connectivity index (χ4v) is 2.99. The maximum atomic E-state index is 12.9. The van der Waals surface area contributed by atoms with Crippen LogP contribution >= 0.6 is 0 Å². The molecule has 2 rings (SSSR count). The van der Waals surface area contributed by atoms with Crippen molar-refractivity contribution in [1.29, 1.82) is 0 Å². The number of carbonyl (C=O) groups excluding carboxylic acids is 2. The molecule has 1 atom stereocenters. The maximum Gasteiger partial charge on any atom is 0.242 e. The van der Waals surface area contributed by atoms with E-state index in [0.717, 1.165) is 23.5 Å². The standard InChI is InChI=1S/C24H32N2O4/c1-4-16-25-24(28)19(2)26(18-20-9-6-5-7-10-20)23(27)11-8-17-30-22-14-12-21(29-3)13-15-22/h5-7,9-10,12-15,19H,4,8,11,16-18H2,1-3H3,(H,25,28)/t19-/m0/s1. The van der Waals surface area contributed by atoms with Crippen molar-refractivity contribution in [3.8, 4) is 11.5 Å². The number of rotatable bonds is 12. The van der Waals surface area contributed by atoms with Crippen LogP contribution < -0.4 is 14.8 Å². The van der Waals surface area contributed by atoms with Gasteiger partial charge in [0, 0.05) is 19.5 Å². The molecular formula is C24H32N2O4. The van der Waals surface area contributed by atoms with Crippen LogP contribution in [-0.4, -0.2) is 43.0 Å². The molecule has 0 saturated heterocycles. The van der Waals surface area contributed by atoms with Gasteiger partial charge in [-0.1, -0.05) is 37.3 Å². The van der Waals surface area contributed by atoms with Crippen LogP contribution in [0.5, 0.6) is 11.5 Å². The van der Waals surface area contributed by atoms with Crippen LogP contribution in [0, 0.1) is 0 Å². The molecule has 0 aliphatic carbocycles. The van der Waals surface area contributed by atoms with Crippen LogP contribution in [-0.2, 0) is 16.1 Å². The third-order valence-corrected chi connectivity index (χ3v) is 4.78. The van der Waals surface area contributed by atoms with E-state index in [1.54, 1.807) is 18.9 Å². The highest BCUT2D eigenvalue weighted by Gasteiger charge is 2.25. The first-order chi connectivity index (χ1) is 14.5. The number of hydrogen-bond donors (Lipinski definition) is 1. The lowest BCUT2D eigenvalue weighted by molar-refractivity contribution is -0.140. The zero-order chi connectivity index (χ0) is 21.8. The lowest BCUT2D eigenvalue weighted by Gasteiger charge is -2.29. The van der Waals surface area contributed by atoms with Gasteiger partial charge >= 0.3 is 0 Å². The highest BCUT2D eigenvalue weighted by atomic mass is 16.5. The molecule has 0 bridgehead atoms. The zero-order valence-corrected chi connectivity index (χ0v) is 18.1. The Morgan fingerprint density at radius 1 is 1.03 bits per heavy atom. The number of methoxy groups -OCH3 is 1. The van der Waals surface area contributed by atoms with E-state index in [-0.39, 0.29) is 11.8 Å². The Labute approximate surface area is 179 Å². The van der Waals surface area contributed by atoms with Crippen LogP contribution in [0.15, 0.2) is 54.6 Å². The largest absolute Gasteiger partial charge is 0.497 e. The molecule has 0 aromatic heterocycles. The Balaban J connectivity index is 1.92. The molecule has 0 radical (unpaired) electrons. The normalized spacial score (nSPS) is 11.4. The highest BCUT2D eigenvalue weighted by molar-refractivity contribution is 5.87. The van der Waals surface area contributed by atoms with E-state index in [0.29, 0.717) is 32.5 Å².